The predicted molar refractivity (Wildman–Crippen MR) is 131 cm³/mol. The molecule has 0 aromatic carbocycles. The van der Waals surface area contributed by atoms with Crippen molar-refractivity contribution in [2.24, 2.45) is 0 Å². The van der Waals surface area contributed by atoms with Crippen molar-refractivity contribution in [3.05, 3.63) is 0 Å². The number of aliphatic carboxylic acids is 1. The fourth-order valence-electron chi connectivity index (χ4n) is 4.52. The van der Waals surface area contributed by atoms with Crippen LogP contribution in [0.5, 0.6) is 0 Å². The van der Waals surface area contributed by atoms with E-state index in [4.69, 9.17) is 0 Å². The summed E-state index contributed by atoms with van der Waals surface area (Å²) in [7, 11) is 0. The second-order valence-electron chi connectivity index (χ2n) is 9.33. The van der Waals surface area contributed by atoms with Gasteiger partial charge in [0.2, 0.25) is 0 Å². The molecule has 0 radical (unpaired) electrons. The lowest BCUT2D eigenvalue weighted by Gasteiger charge is -2.37. The van der Waals surface area contributed by atoms with Gasteiger partial charge >= 0.3 is 0 Å². The molecular weight excluding hydrogens is 402 g/mol. The number of unbranched alkanes of at least 4 members (excludes halogenated alkanes) is 15. The molecule has 0 aromatic rings. The molecule has 0 aliphatic heterocycles. The number of aliphatic hydroxyl groups excluding tert-OH is 2. The van der Waals surface area contributed by atoms with Gasteiger partial charge < -0.3 is 24.6 Å². The van der Waals surface area contributed by atoms with E-state index >= 15 is 0 Å². The maximum Gasteiger partial charge on any atom is 0.116 e. The number of carbonyl (C=O) groups is 1. The molecule has 0 aliphatic rings. The average Bonchev–Trinajstić information content (AvgIpc) is 2.77. The Morgan fingerprint density at radius 2 is 1.06 bits per heavy atom. The first-order valence-corrected chi connectivity index (χ1v) is 13.4. The Balaban J connectivity index is 3.78. The number of carboxylic acids is 1. The van der Waals surface area contributed by atoms with E-state index in [0.717, 1.165) is 13.0 Å². The topological polar surface area (TPSA) is 80.6 Å². The lowest BCUT2D eigenvalue weighted by atomic mass is 10.0. The summed E-state index contributed by atoms with van der Waals surface area (Å²) in [4.78, 5) is 10.4. The van der Waals surface area contributed by atoms with Gasteiger partial charge in [-0.25, -0.2) is 0 Å². The largest absolute Gasteiger partial charge is 0.537 e. The summed E-state index contributed by atoms with van der Waals surface area (Å²) in [6.45, 7) is 5.09. The van der Waals surface area contributed by atoms with Gasteiger partial charge in [-0.3, -0.25) is 0 Å². The Hall–Kier alpha value is -1.09. The normalized spacial score (nSPS) is 11.3. The lowest BCUT2D eigenvalue weighted by molar-refractivity contribution is -0.928. The van der Waals surface area contributed by atoms with Gasteiger partial charge in [-0.1, -0.05) is 103 Å². The van der Waals surface area contributed by atoms with Crippen LogP contribution in [0.15, 0.2) is 0 Å². The average molecular weight is 454 g/mol. The molecule has 0 atom stereocenters. The van der Waals surface area contributed by atoms with Crippen molar-refractivity contribution in [1.82, 2.24) is 0 Å². The summed E-state index contributed by atoms with van der Waals surface area (Å²) < 4.78 is 0.604. The van der Waals surface area contributed by atoms with Gasteiger partial charge in [0.05, 0.1) is 32.7 Å². The first-order chi connectivity index (χ1) is 15.6. The van der Waals surface area contributed by atoms with Crippen LogP contribution in [0, 0.1) is 11.8 Å². The van der Waals surface area contributed by atoms with Crippen molar-refractivity contribution < 1.29 is 24.6 Å². The second kappa shape index (κ2) is 23.1. The smallest absolute Gasteiger partial charge is 0.116 e. The van der Waals surface area contributed by atoms with Crippen molar-refractivity contribution in [1.29, 1.82) is 0 Å². The lowest BCUT2D eigenvalue weighted by Crippen LogP contribution is -2.52. The Morgan fingerprint density at radius 3 is 1.44 bits per heavy atom. The highest BCUT2D eigenvalue weighted by molar-refractivity contribution is 5.84. The van der Waals surface area contributed by atoms with Crippen LogP contribution in [-0.2, 0) is 4.79 Å². The van der Waals surface area contributed by atoms with Crippen LogP contribution in [0.3, 0.4) is 0 Å². The zero-order valence-corrected chi connectivity index (χ0v) is 20.9. The molecule has 0 spiro atoms. The minimum Gasteiger partial charge on any atom is -0.537 e. The molecule has 0 aromatic heterocycles. The van der Waals surface area contributed by atoms with Gasteiger partial charge in [-0.05, 0) is 18.8 Å². The second-order valence-corrected chi connectivity index (χ2v) is 9.33. The number of nitrogens with zero attached hydrogens (tertiary/aromatic N) is 1. The summed E-state index contributed by atoms with van der Waals surface area (Å²) in [6, 6.07) is 0. The van der Waals surface area contributed by atoms with Crippen LogP contribution < -0.4 is 5.11 Å². The van der Waals surface area contributed by atoms with Crippen molar-refractivity contribution in [2.75, 3.05) is 39.4 Å². The van der Waals surface area contributed by atoms with E-state index < -0.39 is 5.97 Å². The van der Waals surface area contributed by atoms with E-state index in [1.54, 1.807) is 0 Å². The van der Waals surface area contributed by atoms with Crippen LogP contribution in [0.1, 0.15) is 116 Å². The van der Waals surface area contributed by atoms with Gasteiger partial charge in [-0.2, -0.15) is 0 Å². The van der Waals surface area contributed by atoms with E-state index in [1.165, 1.54) is 96.3 Å². The maximum absolute atomic E-state index is 10.4. The number of hydrogen-bond donors (Lipinski definition) is 2. The molecule has 2 N–H and O–H groups in total. The number of aliphatic hydroxyl groups is 2. The third-order valence-electron chi connectivity index (χ3n) is 6.54. The highest BCUT2D eigenvalue weighted by atomic mass is 16.4. The van der Waals surface area contributed by atoms with E-state index in [9.17, 15) is 20.1 Å². The monoisotopic (exact) mass is 453 g/mol. The Bertz CT molecular complexity index is 478. The van der Waals surface area contributed by atoms with E-state index in [1.807, 2.05) is 5.92 Å². The number of carboxylic acid groups (broad SMARTS) is 1. The van der Waals surface area contributed by atoms with Crippen LogP contribution in [0.2, 0.25) is 0 Å². The van der Waals surface area contributed by atoms with Gasteiger partial charge in [0, 0.05) is 0 Å². The molecule has 0 aliphatic carbocycles. The van der Waals surface area contributed by atoms with Gasteiger partial charge in [0.15, 0.2) is 0 Å². The maximum atomic E-state index is 10.4. The van der Waals surface area contributed by atoms with Crippen LogP contribution >= 0.6 is 0 Å². The summed E-state index contributed by atoms with van der Waals surface area (Å²) in [5, 5.41) is 29.4. The molecule has 0 heterocycles. The van der Waals surface area contributed by atoms with Crippen LogP contribution in [-0.4, -0.2) is 60.1 Å². The molecule has 188 valence electrons. The SMILES string of the molecule is CCCCCCCCCCCCCCCCCC[N+](CCO)(CCO)CCC#CC(=O)[O-]. The first-order valence-electron chi connectivity index (χ1n) is 13.4. The number of carbonyl (C=O) groups excluding carboxylic acids is 1. The molecule has 0 unspecified atom stereocenters. The quantitative estimate of drug-likeness (QED) is 0.138. The summed E-state index contributed by atoms with van der Waals surface area (Å²) in [6.07, 6.45) is 21.8. The van der Waals surface area contributed by atoms with Crippen LogP contribution in [0.25, 0.3) is 0 Å². The molecule has 0 saturated heterocycles. The third-order valence-corrected chi connectivity index (χ3v) is 6.54. The molecule has 0 bridgehead atoms. The summed E-state index contributed by atoms with van der Waals surface area (Å²) in [5.41, 5.74) is 0. The molecule has 0 rings (SSSR count). The van der Waals surface area contributed by atoms with Crippen LogP contribution in [0.4, 0.5) is 0 Å². The van der Waals surface area contributed by atoms with Crippen molar-refractivity contribution in [3.8, 4) is 11.8 Å². The molecule has 5 nitrogen and oxygen atoms in total. The van der Waals surface area contributed by atoms with Gasteiger partial charge in [-0.15, -0.1) is 0 Å². The Labute approximate surface area is 198 Å². The molecule has 0 saturated carbocycles. The first kappa shape index (κ1) is 30.9. The molecule has 5 heteroatoms. The van der Waals surface area contributed by atoms with Crippen molar-refractivity contribution in [2.45, 2.75) is 116 Å². The third kappa shape index (κ3) is 19.6. The number of quaternary nitrogens is 1. The number of hydrogen-bond acceptors (Lipinski definition) is 4. The van der Waals surface area contributed by atoms with E-state index in [0.29, 0.717) is 30.5 Å². The summed E-state index contributed by atoms with van der Waals surface area (Å²) >= 11 is 0. The van der Waals surface area contributed by atoms with E-state index in [-0.39, 0.29) is 13.2 Å². The van der Waals surface area contributed by atoms with Crippen molar-refractivity contribution in [3.63, 3.8) is 0 Å². The standard InChI is InChI=1S/C27H51NO4/c1-2-3-4-5-6-7-8-9-10-11-12-13-14-15-16-18-21-28(23-25-29,24-26-30)22-19-17-20-27(31)32/h29-30H,2-16,18-19,21-26H2,1H3. The highest BCUT2D eigenvalue weighted by Gasteiger charge is 2.25. The highest BCUT2D eigenvalue weighted by Crippen LogP contribution is 2.15. The van der Waals surface area contributed by atoms with Crippen molar-refractivity contribution >= 4 is 5.97 Å². The Kier molecular flexibility index (Phi) is 22.3. The van der Waals surface area contributed by atoms with Gasteiger partial charge in [0.1, 0.15) is 19.1 Å². The molecular formula is C27H51NO4. The molecule has 0 fully saturated rings. The predicted octanol–water partition coefficient (Wildman–Crippen LogP) is 4.19. The molecule has 0 amide bonds. The van der Waals surface area contributed by atoms with E-state index in [2.05, 4.69) is 12.8 Å². The minimum atomic E-state index is -1.36. The number of rotatable bonds is 23. The Morgan fingerprint density at radius 1 is 0.656 bits per heavy atom. The fourth-order valence-corrected chi connectivity index (χ4v) is 4.52. The summed E-state index contributed by atoms with van der Waals surface area (Å²) in [5.74, 6) is 3.31. The van der Waals surface area contributed by atoms with Gasteiger partial charge in [0.25, 0.3) is 0 Å². The minimum absolute atomic E-state index is 0.0623. The zero-order chi connectivity index (χ0) is 23.8. The zero-order valence-electron chi connectivity index (χ0n) is 20.9. The fraction of sp³-hybridized carbons (Fsp3) is 0.889. The molecule has 32 heavy (non-hydrogen) atoms.